The van der Waals surface area contributed by atoms with Gasteiger partial charge in [0.05, 0.1) is 6.61 Å². The van der Waals surface area contributed by atoms with Gasteiger partial charge in [0.2, 0.25) is 0 Å². The lowest BCUT2D eigenvalue weighted by atomic mass is 9.98. The summed E-state index contributed by atoms with van der Waals surface area (Å²) in [5.74, 6) is -0.462. The van der Waals surface area contributed by atoms with Crippen LogP contribution in [0.5, 0.6) is 0 Å². The maximum Gasteiger partial charge on any atom is 0.360 e. The Morgan fingerprint density at radius 3 is 2.53 bits per heavy atom. The van der Waals surface area contributed by atoms with Crippen LogP contribution in [0, 0.1) is 0 Å². The molecule has 17 heavy (non-hydrogen) atoms. The Labute approximate surface area is 103 Å². The Kier molecular flexibility index (Phi) is 5.73. The van der Waals surface area contributed by atoms with E-state index in [9.17, 15) is 4.79 Å². The van der Waals surface area contributed by atoms with Crippen molar-refractivity contribution in [3.8, 4) is 0 Å². The average molecular weight is 239 g/mol. The number of carbonyl (C=O) groups is 1. The van der Waals surface area contributed by atoms with Gasteiger partial charge in [-0.2, -0.15) is 0 Å². The van der Waals surface area contributed by atoms with Gasteiger partial charge in [-0.3, -0.25) is 0 Å². The number of carbonyl (C=O) groups excluding carboxylic acids is 1. The topological polar surface area (TPSA) is 47.9 Å². The zero-order chi connectivity index (χ0) is 12.7. The minimum absolute atomic E-state index is 0.132. The van der Waals surface area contributed by atoms with Crippen molar-refractivity contribution in [3.05, 3.63) is 12.2 Å². The first-order chi connectivity index (χ1) is 8.15. The Hall–Kier alpha value is -1.32. The van der Waals surface area contributed by atoms with Gasteiger partial charge in [0.15, 0.2) is 5.71 Å². The van der Waals surface area contributed by atoms with Crippen LogP contribution in [0.2, 0.25) is 0 Å². The molecule has 0 amide bonds. The summed E-state index contributed by atoms with van der Waals surface area (Å²) in [5, 5.41) is 3.91. The number of oxime groups is 1. The van der Waals surface area contributed by atoms with Gasteiger partial charge in [0.1, 0.15) is 6.10 Å². The van der Waals surface area contributed by atoms with Crippen LogP contribution in [-0.4, -0.2) is 24.4 Å². The maximum atomic E-state index is 11.6. The third-order valence-corrected chi connectivity index (χ3v) is 2.72. The van der Waals surface area contributed by atoms with Crippen molar-refractivity contribution < 1.29 is 14.4 Å². The molecule has 0 aromatic heterocycles. The van der Waals surface area contributed by atoms with Crippen molar-refractivity contribution >= 4 is 11.7 Å². The molecule has 0 spiro atoms. The van der Waals surface area contributed by atoms with Crippen molar-refractivity contribution in [2.45, 2.75) is 52.1 Å². The molecule has 0 atom stereocenters. The molecule has 0 radical (unpaired) electrons. The lowest BCUT2D eigenvalue weighted by molar-refractivity contribution is -0.135. The molecule has 0 N–H and O–H groups in total. The smallest absolute Gasteiger partial charge is 0.360 e. The van der Waals surface area contributed by atoms with Crippen molar-refractivity contribution in [2.24, 2.45) is 5.16 Å². The summed E-state index contributed by atoms with van der Waals surface area (Å²) in [6.07, 6.45) is 5.75. The van der Waals surface area contributed by atoms with Crippen LogP contribution in [0.1, 0.15) is 46.0 Å². The predicted molar refractivity (Wildman–Crippen MR) is 66.8 cm³/mol. The second-order valence-corrected chi connectivity index (χ2v) is 4.31. The molecular weight excluding hydrogens is 218 g/mol. The van der Waals surface area contributed by atoms with Crippen LogP contribution in [0.25, 0.3) is 0 Å². The molecule has 0 heterocycles. The van der Waals surface area contributed by atoms with E-state index in [4.69, 9.17) is 9.57 Å². The van der Waals surface area contributed by atoms with Crippen LogP contribution >= 0.6 is 0 Å². The second kappa shape index (κ2) is 7.09. The molecule has 1 saturated carbocycles. The Bertz CT molecular complexity index is 304. The normalized spacial score (nSPS) is 17.6. The molecule has 1 aliphatic rings. The van der Waals surface area contributed by atoms with Gasteiger partial charge in [0.25, 0.3) is 0 Å². The van der Waals surface area contributed by atoms with Crippen LogP contribution < -0.4 is 0 Å². The van der Waals surface area contributed by atoms with Crippen LogP contribution in [0.3, 0.4) is 0 Å². The highest BCUT2D eigenvalue weighted by Gasteiger charge is 2.18. The summed E-state index contributed by atoms with van der Waals surface area (Å²) < 4.78 is 4.89. The number of nitrogens with zero attached hydrogens (tertiary/aromatic N) is 1. The minimum atomic E-state index is -0.462. The molecule has 0 bridgehead atoms. The number of ether oxygens (including phenoxy) is 1. The van der Waals surface area contributed by atoms with E-state index < -0.39 is 5.97 Å². The van der Waals surface area contributed by atoms with Gasteiger partial charge < -0.3 is 9.57 Å². The fraction of sp³-hybridized carbons (Fsp3) is 0.692. The summed E-state index contributed by atoms with van der Waals surface area (Å²) in [7, 11) is 0. The SMILES string of the molecule is C=C(C)/C(=N/OC1CCCCC1)C(=O)OCC. The van der Waals surface area contributed by atoms with Gasteiger partial charge in [-0.05, 0) is 45.1 Å². The molecule has 0 aromatic carbocycles. The number of hydrogen-bond acceptors (Lipinski definition) is 4. The molecular formula is C13H21NO3. The third-order valence-electron chi connectivity index (χ3n) is 2.72. The highest BCUT2D eigenvalue weighted by Crippen LogP contribution is 2.20. The molecule has 0 aliphatic heterocycles. The first kappa shape index (κ1) is 13.7. The van der Waals surface area contributed by atoms with Crippen molar-refractivity contribution in [1.82, 2.24) is 0 Å². The van der Waals surface area contributed by atoms with E-state index in [0.717, 1.165) is 12.8 Å². The van der Waals surface area contributed by atoms with E-state index in [1.165, 1.54) is 19.3 Å². The van der Waals surface area contributed by atoms with Gasteiger partial charge >= 0.3 is 5.97 Å². The highest BCUT2D eigenvalue weighted by molar-refractivity contribution is 6.42. The van der Waals surface area contributed by atoms with Crippen molar-refractivity contribution in [1.29, 1.82) is 0 Å². The second-order valence-electron chi connectivity index (χ2n) is 4.31. The van der Waals surface area contributed by atoms with E-state index in [1.54, 1.807) is 13.8 Å². The average Bonchev–Trinajstić information content (AvgIpc) is 2.30. The van der Waals surface area contributed by atoms with E-state index in [-0.39, 0.29) is 11.8 Å². The summed E-state index contributed by atoms with van der Waals surface area (Å²) in [6, 6.07) is 0. The third kappa shape index (κ3) is 4.59. The summed E-state index contributed by atoms with van der Waals surface area (Å²) in [5.41, 5.74) is 0.761. The first-order valence-corrected chi connectivity index (χ1v) is 6.22. The van der Waals surface area contributed by atoms with E-state index >= 15 is 0 Å². The molecule has 1 fully saturated rings. The van der Waals surface area contributed by atoms with Crippen molar-refractivity contribution in [2.75, 3.05) is 6.61 Å². The largest absolute Gasteiger partial charge is 0.461 e. The van der Waals surface area contributed by atoms with Crippen molar-refractivity contribution in [3.63, 3.8) is 0 Å². The van der Waals surface area contributed by atoms with Gasteiger partial charge in [0, 0.05) is 0 Å². The molecule has 0 aromatic rings. The van der Waals surface area contributed by atoms with Crippen LogP contribution in [0.15, 0.2) is 17.3 Å². The Morgan fingerprint density at radius 2 is 2.00 bits per heavy atom. The molecule has 96 valence electrons. The monoisotopic (exact) mass is 239 g/mol. The lowest BCUT2D eigenvalue weighted by Gasteiger charge is -2.19. The zero-order valence-electron chi connectivity index (χ0n) is 10.7. The van der Waals surface area contributed by atoms with E-state index in [1.807, 2.05) is 0 Å². The quantitative estimate of drug-likeness (QED) is 0.421. The Morgan fingerprint density at radius 1 is 1.35 bits per heavy atom. The number of rotatable bonds is 5. The first-order valence-electron chi connectivity index (χ1n) is 6.22. The number of hydrogen-bond donors (Lipinski definition) is 0. The summed E-state index contributed by atoms with van der Waals surface area (Å²) in [6.45, 7) is 7.52. The van der Waals surface area contributed by atoms with Crippen LogP contribution in [-0.2, 0) is 14.4 Å². The standard InChI is InChI=1S/C13H21NO3/c1-4-16-13(15)12(10(2)3)14-17-11-8-6-5-7-9-11/h11H,2,4-9H2,1,3H3/b14-12-. The van der Waals surface area contributed by atoms with E-state index in [0.29, 0.717) is 12.2 Å². The molecule has 1 aliphatic carbocycles. The van der Waals surface area contributed by atoms with Gasteiger partial charge in [-0.25, -0.2) is 4.79 Å². The molecule has 4 heteroatoms. The Balaban J connectivity index is 2.56. The van der Waals surface area contributed by atoms with Gasteiger partial charge in [-0.15, -0.1) is 0 Å². The molecule has 1 rings (SSSR count). The maximum absolute atomic E-state index is 11.6. The predicted octanol–water partition coefficient (Wildman–Crippen LogP) is 2.83. The van der Waals surface area contributed by atoms with Gasteiger partial charge in [-0.1, -0.05) is 18.2 Å². The summed E-state index contributed by atoms with van der Waals surface area (Å²) >= 11 is 0. The number of esters is 1. The fourth-order valence-corrected chi connectivity index (χ4v) is 1.79. The lowest BCUT2D eigenvalue weighted by Crippen LogP contribution is -2.21. The minimum Gasteiger partial charge on any atom is -0.461 e. The molecule has 0 unspecified atom stereocenters. The molecule has 4 nitrogen and oxygen atoms in total. The summed E-state index contributed by atoms with van der Waals surface area (Å²) in [4.78, 5) is 17.0. The van der Waals surface area contributed by atoms with E-state index in [2.05, 4.69) is 11.7 Å². The van der Waals surface area contributed by atoms with Crippen LogP contribution in [0.4, 0.5) is 0 Å². The highest BCUT2D eigenvalue weighted by atomic mass is 16.6. The zero-order valence-corrected chi connectivity index (χ0v) is 10.7. The molecule has 0 saturated heterocycles. The fourth-order valence-electron chi connectivity index (χ4n) is 1.79.